The molecule has 0 aliphatic carbocycles. The van der Waals surface area contributed by atoms with E-state index >= 15 is 0 Å². The minimum absolute atomic E-state index is 0.139. The number of fused-ring (bicyclic) bond motifs is 2. The van der Waals surface area contributed by atoms with Gasteiger partial charge in [-0.3, -0.25) is 4.90 Å². The molecule has 2 saturated heterocycles. The van der Waals surface area contributed by atoms with Gasteiger partial charge < -0.3 is 10.2 Å². The van der Waals surface area contributed by atoms with Crippen molar-refractivity contribution in [1.82, 2.24) is 10.2 Å². The van der Waals surface area contributed by atoms with Crippen molar-refractivity contribution in [3.8, 4) is 0 Å². The average Bonchev–Trinajstić information content (AvgIpc) is 2.71. The molecule has 2 bridgehead atoms. The summed E-state index contributed by atoms with van der Waals surface area (Å²) in [6, 6.07) is 6.62. The molecule has 2 atom stereocenters. The van der Waals surface area contributed by atoms with Gasteiger partial charge in [0.15, 0.2) is 0 Å². The third-order valence-corrected chi connectivity index (χ3v) is 5.10. The van der Waals surface area contributed by atoms with Crippen molar-refractivity contribution >= 4 is 5.69 Å². The van der Waals surface area contributed by atoms with E-state index in [1.807, 2.05) is 6.07 Å². The highest BCUT2D eigenvalue weighted by atomic mass is 19.1. The molecule has 1 aromatic rings. The van der Waals surface area contributed by atoms with E-state index in [-0.39, 0.29) is 5.82 Å². The second-order valence-corrected chi connectivity index (χ2v) is 6.34. The quantitative estimate of drug-likeness (QED) is 0.920. The highest BCUT2D eigenvalue weighted by Crippen LogP contribution is 2.32. The molecule has 4 heteroatoms. The van der Waals surface area contributed by atoms with Gasteiger partial charge in [0.1, 0.15) is 5.82 Å². The number of nitrogens with one attached hydrogen (secondary N) is 1. The van der Waals surface area contributed by atoms with Crippen LogP contribution in [0.25, 0.3) is 0 Å². The summed E-state index contributed by atoms with van der Waals surface area (Å²) in [4.78, 5) is 5.01. The van der Waals surface area contributed by atoms with Crippen molar-refractivity contribution < 1.29 is 4.39 Å². The predicted molar refractivity (Wildman–Crippen MR) is 85.2 cm³/mol. The van der Waals surface area contributed by atoms with Gasteiger partial charge in [-0.25, -0.2) is 4.39 Å². The van der Waals surface area contributed by atoms with Crippen molar-refractivity contribution in [1.29, 1.82) is 0 Å². The summed E-state index contributed by atoms with van der Waals surface area (Å²) in [6.45, 7) is 5.88. The number of rotatable bonds is 4. The summed E-state index contributed by atoms with van der Waals surface area (Å²) in [5.41, 5.74) is 2.29. The fourth-order valence-corrected chi connectivity index (χ4v) is 3.79. The lowest BCUT2D eigenvalue weighted by Crippen LogP contribution is -2.37. The Morgan fingerprint density at radius 1 is 1.24 bits per heavy atom. The minimum Gasteiger partial charge on any atom is -0.370 e. The maximum atomic E-state index is 13.6. The Hall–Kier alpha value is -1.13. The molecule has 2 aliphatic rings. The number of hydrogen-bond donors (Lipinski definition) is 1. The molecular weight excluding hydrogens is 265 g/mol. The smallest absolute Gasteiger partial charge is 0.123 e. The summed E-state index contributed by atoms with van der Waals surface area (Å²) in [6.07, 6.45) is 3.84. The molecule has 3 rings (SSSR count). The van der Waals surface area contributed by atoms with Crippen LogP contribution in [0.3, 0.4) is 0 Å². The molecule has 0 saturated carbocycles. The van der Waals surface area contributed by atoms with Gasteiger partial charge in [0.25, 0.3) is 0 Å². The molecule has 2 unspecified atom stereocenters. The van der Waals surface area contributed by atoms with Crippen LogP contribution in [0, 0.1) is 5.82 Å². The molecule has 2 fully saturated rings. The zero-order chi connectivity index (χ0) is 14.8. The normalized spacial score (nSPS) is 26.1. The van der Waals surface area contributed by atoms with E-state index < -0.39 is 0 Å². The van der Waals surface area contributed by atoms with E-state index in [9.17, 15) is 4.39 Å². The lowest BCUT2D eigenvalue weighted by atomic mass is 10.1. The Morgan fingerprint density at radius 3 is 2.86 bits per heavy atom. The van der Waals surface area contributed by atoms with E-state index in [0.717, 1.165) is 37.8 Å². The molecule has 2 heterocycles. The molecule has 0 spiro atoms. The predicted octanol–water partition coefficient (Wildman–Crippen LogP) is 2.61. The lowest BCUT2D eigenvalue weighted by molar-refractivity contribution is 0.254. The van der Waals surface area contributed by atoms with Crippen LogP contribution in [0.2, 0.25) is 0 Å². The molecule has 116 valence electrons. The zero-order valence-corrected chi connectivity index (χ0v) is 13.1. The van der Waals surface area contributed by atoms with Crippen LogP contribution in [0.5, 0.6) is 0 Å². The fraction of sp³-hybridized carbons (Fsp3) is 0.647. The largest absolute Gasteiger partial charge is 0.370 e. The van der Waals surface area contributed by atoms with Crippen molar-refractivity contribution in [2.45, 2.75) is 44.8 Å². The molecule has 1 N–H and O–H groups in total. The van der Waals surface area contributed by atoms with Gasteiger partial charge in [-0.15, -0.1) is 0 Å². The Morgan fingerprint density at radius 2 is 2.05 bits per heavy atom. The van der Waals surface area contributed by atoms with Gasteiger partial charge >= 0.3 is 0 Å². The Bertz CT molecular complexity index is 491. The monoisotopic (exact) mass is 291 g/mol. The van der Waals surface area contributed by atoms with Crippen molar-refractivity contribution in [3.05, 3.63) is 29.6 Å². The highest BCUT2D eigenvalue weighted by molar-refractivity contribution is 5.54. The lowest BCUT2D eigenvalue weighted by Gasteiger charge is -2.29. The summed E-state index contributed by atoms with van der Waals surface area (Å²) in [5, 5.41) is 3.33. The number of nitrogens with zero attached hydrogens (tertiary/aromatic N) is 2. The van der Waals surface area contributed by atoms with Gasteiger partial charge in [-0.2, -0.15) is 0 Å². The van der Waals surface area contributed by atoms with Gasteiger partial charge in [0.2, 0.25) is 0 Å². The maximum absolute atomic E-state index is 13.6. The van der Waals surface area contributed by atoms with Crippen LogP contribution in [0.15, 0.2) is 18.2 Å². The van der Waals surface area contributed by atoms with Gasteiger partial charge in [-0.05, 0) is 56.6 Å². The number of anilines is 1. The second kappa shape index (κ2) is 6.32. The second-order valence-electron chi connectivity index (χ2n) is 6.34. The molecular formula is C17H26FN3. The minimum atomic E-state index is -0.139. The topological polar surface area (TPSA) is 18.5 Å². The summed E-state index contributed by atoms with van der Waals surface area (Å²) in [5.74, 6) is -0.139. The van der Waals surface area contributed by atoms with Crippen LogP contribution in [-0.4, -0.2) is 43.7 Å². The molecule has 0 aromatic heterocycles. The molecule has 0 amide bonds. The van der Waals surface area contributed by atoms with Crippen LogP contribution >= 0.6 is 0 Å². The van der Waals surface area contributed by atoms with E-state index in [2.05, 4.69) is 29.1 Å². The average molecular weight is 291 g/mol. The first-order valence-corrected chi connectivity index (χ1v) is 8.15. The SMILES string of the molecule is CCNCc1cc(F)ccc1N1CCC2CCC(C1)N2C. The van der Waals surface area contributed by atoms with Crippen LogP contribution in [0.1, 0.15) is 31.7 Å². The standard InChI is InChI=1S/C17H26FN3/c1-3-19-11-13-10-14(18)4-7-17(13)21-9-8-15-5-6-16(12-21)20(15)2/h4,7,10,15-16,19H,3,5-6,8-9,11-12H2,1-2H3. The first-order valence-electron chi connectivity index (χ1n) is 8.15. The van der Waals surface area contributed by atoms with Crippen molar-refractivity contribution in [2.75, 3.05) is 31.6 Å². The van der Waals surface area contributed by atoms with Gasteiger partial charge in [-0.1, -0.05) is 6.92 Å². The van der Waals surface area contributed by atoms with E-state index in [0.29, 0.717) is 6.04 Å². The van der Waals surface area contributed by atoms with Gasteiger partial charge in [0, 0.05) is 37.4 Å². The third kappa shape index (κ3) is 3.06. The van der Waals surface area contributed by atoms with Crippen molar-refractivity contribution in [2.24, 2.45) is 0 Å². The molecule has 0 radical (unpaired) electrons. The molecule has 2 aliphatic heterocycles. The van der Waals surface area contributed by atoms with Crippen LogP contribution in [-0.2, 0) is 6.54 Å². The van der Waals surface area contributed by atoms with E-state index in [1.165, 1.54) is 24.9 Å². The number of hydrogen-bond acceptors (Lipinski definition) is 3. The maximum Gasteiger partial charge on any atom is 0.123 e. The van der Waals surface area contributed by atoms with Crippen LogP contribution < -0.4 is 10.2 Å². The highest BCUT2D eigenvalue weighted by Gasteiger charge is 2.35. The Kier molecular flexibility index (Phi) is 4.45. The Balaban J connectivity index is 1.82. The summed E-state index contributed by atoms with van der Waals surface area (Å²) >= 11 is 0. The first-order chi connectivity index (χ1) is 10.2. The third-order valence-electron chi connectivity index (χ3n) is 5.10. The molecule has 21 heavy (non-hydrogen) atoms. The summed E-state index contributed by atoms with van der Waals surface area (Å²) in [7, 11) is 2.26. The fourth-order valence-electron chi connectivity index (χ4n) is 3.79. The first kappa shape index (κ1) is 14.8. The van der Waals surface area contributed by atoms with Gasteiger partial charge in [0.05, 0.1) is 0 Å². The number of halogens is 1. The molecule has 1 aromatic carbocycles. The number of benzene rings is 1. The van der Waals surface area contributed by atoms with E-state index in [1.54, 1.807) is 12.1 Å². The summed E-state index contributed by atoms with van der Waals surface area (Å²) < 4.78 is 13.6. The Labute approximate surface area is 127 Å². The zero-order valence-electron chi connectivity index (χ0n) is 13.1. The number of likely N-dealkylation sites (N-methyl/N-ethyl adjacent to an activating group) is 1. The van der Waals surface area contributed by atoms with Crippen LogP contribution in [0.4, 0.5) is 10.1 Å². The molecule has 3 nitrogen and oxygen atoms in total. The van der Waals surface area contributed by atoms with Crippen molar-refractivity contribution in [3.63, 3.8) is 0 Å². The van der Waals surface area contributed by atoms with E-state index in [4.69, 9.17) is 0 Å².